The van der Waals surface area contributed by atoms with Gasteiger partial charge in [0, 0.05) is 19.3 Å². The zero-order valence-corrected chi connectivity index (χ0v) is 12.7. The lowest BCUT2D eigenvalue weighted by molar-refractivity contribution is 0.289. The summed E-state index contributed by atoms with van der Waals surface area (Å²) in [6, 6.07) is 9.72. The third-order valence-corrected chi connectivity index (χ3v) is 4.57. The van der Waals surface area contributed by atoms with Crippen molar-refractivity contribution in [3.63, 3.8) is 0 Å². The van der Waals surface area contributed by atoms with Crippen LogP contribution in [-0.4, -0.2) is 36.5 Å². The van der Waals surface area contributed by atoms with Crippen LogP contribution in [-0.2, 0) is 16.6 Å². The molecular weight excluding hydrogens is 290 g/mol. The van der Waals surface area contributed by atoms with Gasteiger partial charge in [-0.1, -0.05) is 30.3 Å². The maximum absolute atomic E-state index is 12.1. The summed E-state index contributed by atoms with van der Waals surface area (Å²) in [5.74, 6) is 0. The van der Waals surface area contributed by atoms with Gasteiger partial charge in [-0.3, -0.25) is 4.68 Å². The Kier molecular flexibility index (Phi) is 5.11. The molecule has 0 saturated carbocycles. The van der Waals surface area contributed by atoms with Crippen LogP contribution in [0.3, 0.4) is 0 Å². The first-order chi connectivity index (χ1) is 10.0. The monoisotopic (exact) mass is 309 g/mol. The van der Waals surface area contributed by atoms with E-state index in [2.05, 4.69) is 9.82 Å². The average Bonchev–Trinajstić information content (AvgIpc) is 2.82. The highest BCUT2D eigenvalue weighted by Crippen LogP contribution is 2.14. The maximum atomic E-state index is 12.1. The van der Waals surface area contributed by atoms with Gasteiger partial charge in [0.05, 0.1) is 12.2 Å². The summed E-state index contributed by atoms with van der Waals surface area (Å²) >= 11 is 0. The molecule has 0 radical (unpaired) electrons. The van der Waals surface area contributed by atoms with Crippen molar-refractivity contribution in [3.8, 4) is 0 Å². The van der Waals surface area contributed by atoms with Crippen molar-refractivity contribution in [2.24, 2.45) is 0 Å². The Bertz CT molecular complexity index is 681. The number of hydrogen-bond acceptors (Lipinski definition) is 4. The lowest BCUT2D eigenvalue weighted by Crippen LogP contribution is -2.25. The van der Waals surface area contributed by atoms with Gasteiger partial charge in [-0.15, -0.1) is 0 Å². The van der Waals surface area contributed by atoms with Crippen LogP contribution in [0.4, 0.5) is 0 Å². The van der Waals surface area contributed by atoms with E-state index in [4.69, 9.17) is 5.11 Å². The summed E-state index contributed by atoms with van der Waals surface area (Å²) in [4.78, 5) is 0.177. The Labute approximate surface area is 124 Å². The number of benzene rings is 1. The van der Waals surface area contributed by atoms with Gasteiger partial charge in [0.1, 0.15) is 4.90 Å². The largest absolute Gasteiger partial charge is 0.396 e. The molecule has 114 valence electrons. The first-order valence-corrected chi connectivity index (χ1v) is 8.20. The van der Waals surface area contributed by atoms with Crippen LogP contribution in [0.5, 0.6) is 0 Å². The van der Waals surface area contributed by atoms with Crippen LogP contribution in [0, 0.1) is 6.92 Å². The SMILES string of the molecule is Cc1nn(Cc2ccccc2)cc1S(=O)(=O)NCCCO. The fourth-order valence-electron chi connectivity index (χ4n) is 1.98. The number of aromatic nitrogens is 2. The standard InChI is InChI=1S/C14H19N3O3S/c1-12-14(21(19,20)15-8-5-9-18)11-17(16-12)10-13-6-3-2-4-7-13/h2-4,6-7,11,15,18H,5,8-10H2,1H3. The molecule has 1 heterocycles. The zero-order chi connectivity index (χ0) is 15.3. The van der Waals surface area contributed by atoms with E-state index in [-0.39, 0.29) is 18.0 Å². The third-order valence-electron chi connectivity index (χ3n) is 3.01. The predicted octanol–water partition coefficient (Wildman–Crippen LogP) is 0.901. The molecule has 0 aliphatic heterocycles. The van der Waals surface area contributed by atoms with Crippen molar-refractivity contribution in [2.45, 2.75) is 24.8 Å². The second-order valence-corrected chi connectivity index (χ2v) is 6.47. The van der Waals surface area contributed by atoms with E-state index in [9.17, 15) is 8.42 Å². The third kappa shape index (κ3) is 4.13. The van der Waals surface area contributed by atoms with Crippen molar-refractivity contribution in [3.05, 3.63) is 47.8 Å². The molecule has 2 rings (SSSR count). The number of rotatable bonds is 7. The lowest BCUT2D eigenvalue weighted by atomic mass is 10.2. The summed E-state index contributed by atoms with van der Waals surface area (Å²) in [5, 5.41) is 13.0. The fraction of sp³-hybridized carbons (Fsp3) is 0.357. The van der Waals surface area contributed by atoms with Crippen molar-refractivity contribution >= 4 is 10.0 Å². The van der Waals surface area contributed by atoms with E-state index < -0.39 is 10.0 Å². The summed E-state index contributed by atoms with van der Waals surface area (Å²) < 4.78 is 28.4. The number of aliphatic hydroxyl groups excluding tert-OH is 1. The minimum Gasteiger partial charge on any atom is -0.396 e. The van der Waals surface area contributed by atoms with E-state index in [0.717, 1.165) is 5.56 Å². The van der Waals surface area contributed by atoms with Gasteiger partial charge in [0.2, 0.25) is 10.0 Å². The molecule has 6 nitrogen and oxygen atoms in total. The van der Waals surface area contributed by atoms with Crippen molar-refractivity contribution in [1.82, 2.24) is 14.5 Å². The van der Waals surface area contributed by atoms with Gasteiger partial charge in [0.15, 0.2) is 0 Å². The Balaban J connectivity index is 2.15. The number of nitrogens with one attached hydrogen (secondary N) is 1. The highest BCUT2D eigenvalue weighted by Gasteiger charge is 2.19. The molecule has 0 bridgehead atoms. The number of aliphatic hydroxyl groups is 1. The molecule has 2 N–H and O–H groups in total. The summed E-state index contributed by atoms with van der Waals surface area (Å²) in [7, 11) is -3.58. The molecule has 0 aliphatic rings. The minimum absolute atomic E-state index is 0.0469. The second kappa shape index (κ2) is 6.84. The number of nitrogens with zero attached hydrogens (tertiary/aromatic N) is 2. The topological polar surface area (TPSA) is 84.2 Å². The summed E-state index contributed by atoms with van der Waals surface area (Å²) in [6.07, 6.45) is 1.92. The second-order valence-electron chi connectivity index (χ2n) is 4.74. The van der Waals surface area contributed by atoms with Crippen LogP contribution in [0.25, 0.3) is 0 Å². The lowest BCUT2D eigenvalue weighted by Gasteiger charge is -2.04. The van der Waals surface area contributed by atoms with Gasteiger partial charge in [0.25, 0.3) is 0 Å². The van der Waals surface area contributed by atoms with E-state index >= 15 is 0 Å². The molecule has 21 heavy (non-hydrogen) atoms. The molecular formula is C14H19N3O3S. The summed E-state index contributed by atoms with van der Waals surface area (Å²) in [5.41, 5.74) is 1.51. The first kappa shape index (κ1) is 15.7. The van der Waals surface area contributed by atoms with Gasteiger partial charge in [-0.25, -0.2) is 13.1 Å². The molecule has 0 saturated heterocycles. The Morgan fingerprint density at radius 2 is 2.00 bits per heavy atom. The van der Waals surface area contributed by atoms with E-state index in [1.54, 1.807) is 11.6 Å². The van der Waals surface area contributed by atoms with E-state index in [0.29, 0.717) is 18.7 Å². The van der Waals surface area contributed by atoms with Crippen LogP contribution in [0.1, 0.15) is 17.7 Å². The van der Waals surface area contributed by atoms with Crippen molar-refractivity contribution in [1.29, 1.82) is 0 Å². The normalized spacial score (nSPS) is 11.7. The minimum atomic E-state index is -3.58. The maximum Gasteiger partial charge on any atom is 0.243 e. The van der Waals surface area contributed by atoms with Crippen LogP contribution in [0.2, 0.25) is 0 Å². The molecule has 0 spiro atoms. The van der Waals surface area contributed by atoms with Crippen LogP contribution < -0.4 is 4.72 Å². The highest BCUT2D eigenvalue weighted by atomic mass is 32.2. The number of aryl methyl sites for hydroxylation is 1. The predicted molar refractivity (Wildman–Crippen MR) is 79.4 cm³/mol. The Morgan fingerprint density at radius 3 is 2.67 bits per heavy atom. The Hall–Kier alpha value is -1.70. The first-order valence-electron chi connectivity index (χ1n) is 6.71. The molecule has 1 aromatic carbocycles. The molecule has 0 atom stereocenters. The smallest absolute Gasteiger partial charge is 0.243 e. The van der Waals surface area contributed by atoms with E-state index in [1.807, 2.05) is 30.3 Å². The van der Waals surface area contributed by atoms with Gasteiger partial charge >= 0.3 is 0 Å². The summed E-state index contributed by atoms with van der Waals surface area (Å²) in [6.45, 7) is 2.35. The van der Waals surface area contributed by atoms with Gasteiger partial charge in [-0.2, -0.15) is 5.10 Å². The van der Waals surface area contributed by atoms with Crippen LogP contribution in [0.15, 0.2) is 41.4 Å². The van der Waals surface area contributed by atoms with E-state index in [1.165, 1.54) is 6.20 Å². The van der Waals surface area contributed by atoms with Gasteiger partial charge < -0.3 is 5.11 Å². The zero-order valence-electron chi connectivity index (χ0n) is 11.9. The molecule has 1 aromatic heterocycles. The van der Waals surface area contributed by atoms with Gasteiger partial charge in [-0.05, 0) is 18.9 Å². The molecule has 0 amide bonds. The highest BCUT2D eigenvalue weighted by molar-refractivity contribution is 7.89. The molecule has 0 aliphatic carbocycles. The fourth-order valence-corrected chi connectivity index (χ4v) is 3.24. The van der Waals surface area contributed by atoms with Crippen LogP contribution >= 0.6 is 0 Å². The quantitative estimate of drug-likeness (QED) is 0.744. The molecule has 0 fully saturated rings. The van der Waals surface area contributed by atoms with Crippen molar-refractivity contribution in [2.75, 3.05) is 13.2 Å². The molecule has 7 heteroatoms. The number of hydrogen-bond donors (Lipinski definition) is 2. The van der Waals surface area contributed by atoms with Crippen molar-refractivity contribution < 1.29 is 13.5 Å². The average molecular weight is 309 g/mol. The number of sulfonamides is 1. The molecule has 2 aromatic rings. The molecule has 0 unspecified atom stereocenters. The Morgan fingerprint density at radius 1 is 1.29 bits per heavy atom.